The van der Waals surface area contributed by atoms with Crippen LogP contribution in [0, 0.1) is 0 Å². The van der Waals surface area contributed by atoms with Crippen LogP contribution in [0.25, 0.3) is 0 Å². The van der Waals surface area contributed by atoms with Crippen molar-refractivity contribution in [1.82, 2.24) is 10.2 Å². The molecule has 1 N–H and O–H groups in total. The number of hydrogen-bond acceptors (Lipinski definition) is 4. The van der Waals surface area contributed by atoms with Gasteiger partial charge in [-0.25, -0.2) is 4.99 Å². The maximum atomic E-state index is 11.6. The Bertz CT molecular complexity index is 406. The molecule has 1 unspecified atom stereocenters. The Balaban J connectivity index is 2.58. The van der Waals surface area contributed by atoms with Crippen molar-refractivity contribution in [2.75, 3.05) is 19.3 Å². The Morgan fingerprint density at radius 1 is 1.48 bits per heavy atom. The van der Waals surface area contributed by atoms with Gasteiger partial charge in [0, 0.05) is 30.7 Å². The van der Waals surface area contributed by atoms with Gasteiger partial charge in [0.25, 0.3) is 0 Å². The standard InChI is InChI=1S/C13H22N4O3S/c1-11(19)14-7-8-15-13(21(2)20)16-9-17(10-18)12-5-3-4-6-12/h9-10,12H,3-8H2,1-2H3,(H,14,19)/b15-13+,16-9+. The van der Waals surface area contributed by atoms with Crippen molar-refractivity contribution in [2.24, 2.45) is 9.98 Å². The lowest BCUT2D eigenvalue weighted by Gasteiger charge is -2.18. The van der Waals surface area contributed by atoms with Crippen LogP contribution in [-0.2, 0) is 20.8 Å². The molecule has 2 amide bonds. The van der Waals surface area contributed by atoms with Crippen LogP contribution in [-0.4, -0.2) is 58.7 Å². The van der Waals surface area contributed by atoms with E-state index in [1.165, 1.54) is 24.4 Å². The normalized spacial score (nSPS) is 18.0. The molecule has 0 aromatic heterocycles. The second-order valence-corrected chi connectivity index (χ2v) is 6.11. The number of aliphatic imine (C=N–C) groups is 2. The lowest BCUT2D eigenvalue weighted by atomic mass is 10.2. The molecule has 0 spiro atoms. The molecule has 8 heteroatoms. The molecule has 1 aliphatic rings. The summed E-state index contributed by atoms with van der Waals surface area (Å²) in [7, 11) is 0. The average molecular weight is 314 g/mol. The molecule has 0 aromatic rings. The molecule has 1 saturated carbocycles. The molecule has 7 nitrogen and oxygen atoms in total. The first-order chi connectivity index (χ1) is 10.0. The predicted molar refractivity (Wildman–Crippen MR) is 83.7 cm³/mol. The van der Waals surface area contributed by atoms with Gasteiger partial charge < -0.3 is 14.8 Å². The summed E-state index contributed by atoms with van der Waals surface area (Å²) in [5.74, 6) is -0.138. The topological polar surface area (TPSA) is 97.2 Å². The minimum Gasteiger partial charge on any atom is -0.609 e. The Labute approximate surface area is 128 Å². The Kier molecular flexibility index (Phi) is 7.99. The lowest BCUT2D eigenvalue weighted by Crippen LogP contribution is -2.31. The molecule has 118 valence electrons. The van der Waals surface area contributed by atoms with Gasteiger partial charge in [-0.15, -0.1) is 0 Å². The van der Waals surface area contributed by atoms with Crippen LogP contribution in [0.15, 0.2) is 9.98 Å². The van der Waals surface area contributed by atoms with E-state index in [0.717, 1.165) is 32.1 Å². The number of amidine groups is 1. The van der Waals surface area contributed by atoms with Crippen LogP contribution in [0.2, 0.25) is 0 Å². The molecule has 0 saturated heterocycles. The Morgan fingerprint density at radius 3 is 2.67 bits per heavy atom. The van der Waals surface area contributed by atoms with Gasteiger partial charge in [0.15, 0.2) is 0 Å². The summed E-state index contributed by atoms with van der Waals surface area (Å²) in [4.78, 5) is 31.5. The number of rotatable bonds is 6. The van der Waals surface area contributed by atoms with Crippen LogP contribution >= 0.6 is 0 Å². The molecule has 0 heterocycles. The van der Waals surface area contributed by atoms with Crippen LogP contribution in [0.1, 0.15) is 32.6 Å². The molecule has 1 aliphatic carbocycles. The van der Waals surface area contributed by atoms with Crippen LogP contribution in [0.3, 0.4) is 0 Å². The third kappa shape index (κ3) is 6.72. The highest BCUT2D eigenvalue weighted by molar-refractivity contribution is 8.05. The lowest BCUT2D eigenvalue weighted by molar-refractivity contribution is -0.119. The minimum absolute atomic E-state index is 0.138. The summed E-state index contributed by atoms with van der Waals surface area (Å²) >= 11 is -1.34. The fraction of sp³-hybridized carbons (Fsp3) is 0.692. The van der Waals surface area contributed by atoms with E-state index in [2.05, 4.69) is 15.3 Å². The van der Waals surface area contributed by atoms with E-state index in [9.17, 15) is 14.1 Å². The maximum Gasteiger partial charge on any atom is 0.339 e. The van der Waals surface area contributed by atoms with Gasteiger partial charge in [0.05, 0.1) is 6.54 Å². The second-order valence-electron chi connectivity index (χ2n) is 4.84. The molecule has 1 fully saturated rings. The van der Waals surface area contributed by atoms with Crippen molar-refractivity contribution in [2.45, 2.75) is 38.6 Å². The van der Waals surface area contributed by atoms with Gasteiger partial charge >= 0.3 is 5.17 Å². The van der Waals surface area contributed by atoms with Crippen molar-refractivity contribution in [1.29, 1.82) is 0 Å². The molecule has 1 rings (SSSR count). The monoisotopic (exact) mass is 314 g/mol. The summed E-state index contributed by atoms with van der Waals surface area (Å²) < 4.78 is 11.6. The quantitative estimate of drug-likeness (QED) is 0.251. The van der Waals surface area contributed by atoms with Gasteiger partial charge in [0.1, 0.15) is 12.6 Å². The molecule has 0 bridgehead atoms. The van der Waals surface area contributed by atoms with Gasteiger partial charge in [0.2, 0.25) is 12.3 Å². The van der Waals surface area contributed by atoms with E-state index < -0.39 is 11.2 Å². The van der Waals surface area contributed by atoms with Crippen LogP contribution < -0.4 is 5.32 Å². The second kappa shape index (κ2) is 9.51. The first-order valence-corrected chi connectivity index (χ1v) is 8.49. The number of nitrogens with zero attached hydrogens (tertiary/aromatic N) is 3. The summed E-state index contributed by atoms with van der Waals surface area (Å²) in [5, 5.41) is 2.77. The third-order valence-corrected chi connectivity index (χ3v) is 3.91. The zero-order valence-corrected chi connectivity index (χ0v) is 13.3. The maximum absolute atomic E-state index is 11.6. The molecular formula is C13H22N4O3S. The van der Waals surface area contributed by atoms with Gasteiger partial charge in [-0.1, -0.05) is 12.8 Å². The molecule has 0 aliphatic heterocycles. The van der Waals surface area contributed by atoms with Gasteiger partial charge in [-0.2, -0.15) is 4.99 Å². The van der Waals surface area contributed by atoms with Crippen LogP contribution in [0.4, 0.5) is 0 Å². The SMILES string of the molecule is CC(=O)NCC/N=C(\N=C\N(C=O)C1CCCC1)[S+](C)[O-]. The average Bonchev–Trinajstić information content (AvgIpc) is 2.95. The summed E-state index contributed by atoms with van der Waals surface area (Å²) in [6, 6.07) is 0.178. The van der Waals surface area contributed by atoms with Crippen molar-refractivity contribution >= 4 is 35.0 Å². The fourth-order valence-corrected chi connectivity index (χ4v) is 2.58. The molecule has 0 aromatic carbocycles. The Morgan fingerprint density at radius 2 is 2.14 bits per heavy atom. The van der Waals surface area contributed by atoms with Gasteiger partial charge in [-0.05, 0) is 12.8 Å². The highest BCUT2D eigenvalue weighted by Crippen LogP contribution is 2.21. The smallest absolute Gasteiger partial charge is 0.339 e. The van der Waals surface area contributed by atoms with E-state index in [1.807, 2.05) is 0 Å². The first-order valence-electron chi connectivity index (χ1n) is 6.94. The number of amides is 2. The Hall–Kier alpha value is -1.41. The number of carbonyl (C=O) groups excluding carboxylic acids is 2. The van der Waals surface area contributed by atoms with E-state index in [1.54, 1.807) is 0 Å². The summed E-state index contributed by atoms with van der Waals surface area (Å²) in [5.41, 5.74) is 0. The molecule has 21 heavy (non-hydrogen) atoms. The molecular weight excluding hydrogens is 292 g/mol. The zero-order chi connectivity index (χ0) is 15.7. The highest BCUT2D eigenvalue weighted by Gasteiger charge is 2.20. The zero-order valence-electron chi connectivity index (χ0n) is 12.4. The van der Waals surface area contributed by atoms with Crippen molar-refractivity contribution in [3.8, 4) is 0 Å². The van der Waals surface area contributed by atoms with Crippen molar-refractivity contribution in [3.05, 3.63) is 0 Å². The first kappa shape index (κ1) is 17.6. The van der Waals surface area contributed by atoms with Gasteiger partial charge in [-0.3, -0.25) is 9.59 Å². The molecule has 1 atom stereocenters. The van der Waals surface area contributed by atoms with Crippen molar-refractivity contribution in [3.63, 3.8) is 0 Å². The summed E-state index contributed by atoms with van der Waals surface area (Å²) in [6.07, 6.45) is 7.79. The minimum atomic E-state index is -1.34. The predicted octanol–water partition coefficient (Wildman–Crippen LogP) is 0.286. The third-order valence-electron chi connectivity index (χ3n) is 3.16. The van der Waals surface area contributed by atoms with E-state index in [4.69, 9.17) is 0 Å². The number of carbonyl (C=O) groups is 2. The molecule has 0 radical (unpaired) electrons. The number of nitrogens with one attached hydrogen (secondary N) is 1. The van der Waals surface area contributed by atoms with E-state index in [0.29, 0.717) is 13.1 Å². The fourth-order valence-electron chi connectivity index (χ4n) is 2.12. The van der Waals surface area contributed by atoms with E-state index in [-0.39, 0.29) is 17.1 Å². The number of hydrogen-bond donors (Lipinski definition) is 1. The van der Waals surface area contributed by atoms with E-state index >= 15 is 0 Å². The summed E-state index contributed by atoms with van der Waals surface area (Å²) in [6.45, 7) is 2.09. The highest BCUT2D eigenvalue weighted by atomic mass is 32.2. The van der Waals surface area contributed by atoms with Crippen molar-refractivity contribution < 1.29 is 14.1 Å². The van der Waals surface area contributed by atoms with Crippen LogP contribution in [0.5, 0.6) is 0 Å². The largest absolute Gasteiger partial charge is 0.609 e.